The number of anilines is 1. The molecule has 0 bridgehead atoms. The van der Waals surface area contributed by atoms with E-state index < -0.39 is 23.5 Å². The minimum Gasteiger partial charge on any atom is -0.378 e. The van der Waals surface area contributed by atoms with Crippen LogP contribution in [0.25, 0.3) is 0 Å². The number of rotatable bonds is 3. The number of amides is 2. The number of urea groups is 1. The van der Waals surface area contributed by atoms with E-state index in [2.05, 4.69) is 15.3 Å². The van der Waals surface area contributed by atoms with E-state index in [0.29, 0.717) is 5.69 Å². The molecule has 1 aliphatic rings. The van der Waals surface area contributed by atoms with Crippen molar-refractivity contribution in [2.75, 3.05) is 25.5 Å². The third kappa shape index (κ3) is 4.34. The van der Waals surface area contributed by atoms with Crippen molar-refractivity contribution in [2.24, 2.45) is 11.3 Å². The number of hydrogen-bond acceptors (Lipinski definition) is 4. The summed E-state index contributed by atoms with van der Waals surface area (Å²) in [5.41, 5.74) is -0.445. The van der Waals surface area contributed by atoms with Crippen LogP contribution in [0.2, 0.25) is 0 Å². The zero-order valence-electron chi connectivity index (χ0n) is 13.9. The van der Waals surface area contributed by atoms with Crippen molar-refractivity contribution in [3.8, 4) is 0 Å². The summed E-state index contributed by atoms with van der Waals surface area (Å²) in [5.74, 6) is -1.13. The zero-order valence-corrected chi connectivity index (χ0v) is 13.9. The first-order chi connectivity index (χ1) is 11.1. The molecule has 24 heavy (non-hydrogen) atoms. The van der Waals surface area contributed by atoms with E-state index in [0.717, 1.165) is 0 Å². The Labute approximate surface area is 138 Å². The van der Waals surface area contributed by atoms with Crippen LogP contribution in [0.1, 0.15) is 26.0 Å². The first kappa shape index (κ1) is 18.4. The highest BCUT2D eigenvalue weighted by Crippen LogP contribution is 2.45. The number of nitrogens with one attached hydrogen (secondary N) is 1. The van der Waals surface area contributed by atoms with E-state index in [9.17, 15) is 18.0 Å². The molecule has 1 aromatic rings. The SMILES string of the molecule is COCc1cc(NC(=O)N2CC[C@@H](C(F)(F)F)C(C)(C)C2)ncn1. The van der Waals surface area contributed by atoms with Gasteiger partial charge in [-0.25, -0.2) is 14.8 Å². The summed E-state index contributed by atoms with van der Waals surface area (Å²) in [6.07, 6.45) is -3.07. The lowest BCUT2D eigenvalue weighted by atomic mass is 9.73. The van der Waals surface area contributed by atoms with Crippen molar-refractivity contribution in [3.05, 3.63) is 18.1 Å². The molecule has 0 unspecified atom stereocenters. The molecule has 0 aromatic carbocycles. The van der Waals surface area contributed by atoms with Crippen molar-refractivity contribution in [2.45, 2.75) is 33.1 Å². The van der Waals surface area contributed by atoms with Crippen LogP contribution in [-0.2, 0) is 11.3 Å². The first-order valence-electron chi connectivity index (χ1n) is 7.56. The van der Waals surface area contributed by atoms with Crippen molar-refractivity contribution in [1.29, 1.82) is 0 Å². The summed E-state index contributed by atoms with van der Waals surface area (Å²) in [6, 6.07) is 1.10. The van der Waals surface area contributed by atoms with Crippen LogP contribution in [0.4, 0.5) is 23.8 Å². The fraction of sp³-hybridized carbons (Fsp3) is 0.667. The Morgan fingerprint density at radius 3 is 2.75 bits per heavy atom. The minimum atomic E-state index is -4.26. The molecule has 134 valence electrons. The number of likely N-dealkylation sites (tertiary alicyclic amines) is 1. The van der Waals surface area contributed by atoms with Gasteiger partial charge in [-0.1, -0.05) is 13.8 Å². The Hall–Kier alpha value is -1.90. The number of carbonyl (C=O) groups is 1. The van der Waals surface area contributed by atoms with E-state index in [-0.39, 0.29) is 31.9 Å². The van der Waals surface area contributed by atoms with E-state index in [4.69, 9.17) is 4.74 Å². The second-order valence-corrected chi connectivity index (χ2v) is 6.55. The lowest BCUT2D eigenvalue weighted by molar-refractivity contribution is -0.214. The molecule has 1 aromatic heterocycles. The topological polar surface area (TPSA) is 67.3 Å². The number of ether oxygens (including phenoxy) is 1. The Kier molecular flexibility index (Phi) is 5.32. The standard InChI is InChI=1S/C15H21F3N4O2/c1-14(2)8-22(5-4-11(14)15(16,17)18)13(23)21-12-6-10(7-24-3)19-9-20-12/h6,9,11H,4-5,7-8H2,1-3H3,(H,19,20,21,23)/t11-/m1/s1. The van der Waals surface area contributed by atoms with Gasteiger partial charge in [0.2, 0.25) is 0 Å². The van der Waals surface area contributed by atoms with Crippen LogP contribution < -0.4 is 5.32 Å². The third-order valence-corrected chi connectivity index (χ3v) is 4.16. The number of hydrogen-bond donors (Lipinski definition) is 1. The zero-order chi connectivity index (χ0) is 18.0. The smallest absolute Gasteiger partial charge is 0.378 e. The molecule has 1 fully saturated rings. The highest BCUT2D eigenvalue weighted by atomic mass is 19.4. The van der Waals surface area contributed by atoms with E-state index in [1.807, 2.05) is 0 Å². The van der Waals surface area contributed by atoms with Crippen LogP contribution in [0, 0.1) is 11.3 Å². The van der Waals surface area contributed by atoms with Gasteiger partial charge in [0, 0.05) is 26.3 Å². The second kappa shape index (κ2) is 6.92. The van der Waals surface area contributed by atoms with Gasteiger partial charge in [0.15, 0.2) is 0 Å². The predicted octanol–water partition coefficient (Wildman–Crippen LogP) is 3.07. The van der Waals surface area contributed by atoms with Gasteiger partial charge in [0.25, 0.3) is 0 Å². The Morgan fingerprint density at radius 1 is 1.46 bits per heavy atom. The molecule has 1 saturated heterocycles. The van der Waals surface area contributed by atoms with Crippen molar-refractivity contribution in [3.63, 3.8) is 0 Å². The highest BCUT2D eigenvalue weighted by Gasteiger charge is 2.51. The largest absolute Gasteiger partial charge is 0.392 e. The predicted molar refractivity (Wildman–Crippen MR) is 81.3 cm³/mol. The molecule has 0 radical (unpaired) electrons. The Bertz CT molecular complexity index is 592. The van der Waals surface area contributed by atoms with Crippen LogP contribution >= 0.6 is 0 Å². The Balaban J connectivity index is 2.03. The number of alkyl halides is 3. The van der Waals surface area contributed by atoms with E-state index >= 15 is 0 Å². The lowest BCUT2D eigenvalue weighted by Crippen LogP contribution is -2.53. The van der Waals surface area contributed by atoms with Crippen LogP contribution in [-0.4, -0.2) is 47.3 Å². The molecular weight excluding hydrogens is 325 g/mol. The lowest BCUT2D eigenvalue weighted by Gasteiger charge is -2.44. The molecule has 0 aliphatic carbocycles. The van der Waals surface area contributed by atoms with Crippen molar-refractivity contribution in [1.82, 2.24) is 14.9 Å². The Morgan fingerprint density at radius 2 is 2.17 bits per heavy atom. The number of nitrogens with zero attached hydrogens (tertiary/aromatic N) is 3. The number of aromatic nitrogens is 2. The van der Waals surface area contributed by atoms with Gasteiger partial charge in [-0.3, -0.25) is 5.32 Å². The number of halogens is 3. The molecule has 0 saturated carbocycles. The molecule has 9 heteroatoms. The monoisotopic (exact) mass is 346 g/mol. The summed E-state index contributed by atoms with van der Waals surface area (Å²) in [6.45, 7) is 3.42. The molecular formula is C15H21F3N4O2. The minimum absolute atomic E-state index is 0.0268. The summed E-state index contributed by atoms with van der Waals surface area (Å²) < 4.78 is 44.2. The van der Waals surface area contributed by atoms with Crippen molar-refractivity contribution >= 4 is 11.8 Å². The average Bonchev–Trinajstić information content (AvgIpc) is 2.45. The molecule has 2 rings (SSSR count). The molecule has 1 atom stereocenters. The number of methoxy groups -OCH3 is 1. The molecule has 1 aliphatic heterocycles. The molecule has 2 heterocycles. The van der Waals surface area contributed by atoms with Gasteiger partial charge in [0.1, 0.15) is 12.1 Å². The highest BCUT2D eigenvalue weighted by molar-refractivity contribution is 5.88. The van der Waals surface area contributed by atoms with Crippen LogP contribution in [0.5, 0.6) is 0 Å². The van der Waals surface area contributed by atoms with Gasteiger partial charge in [-0.15, -0.1) is 0 Å². The van der Waals surface area contributed by atoms with Gasteiger partial charge >= 0.3 is 12.2 Å². The fourth-order valence-electron chi connectivity index (χ4n) is 3.02. The number of piperidine rings is 1. The average molecular weight is 346 g/mol. The van der Waals surface area contributed by atoms with E-state index in [1.165, 1.54) is 32.2 Å². The maximum atomic E-state index is 13.1. The number of carbonyl (C=O) groups excluding carboxylic acids is 1. The normalized spacial score (nSPS) is 20.8. The fourth-order valence-corrected chi connectivity index (χ4v) is 3.02. The van der Waals surface area contributed by atoms with Crippen LogP contribution in [0.3, 0.4) is 0 Å². The third-order valence-electron chi connectivity index (χ3n) is 4.16. The van der Waals surface area contributed by atoms with Crippen molar-refractivity contribution < 1.29 is 22.7 Å². The second-order valence-electron chi connectivity index (χ2n) is 6.55. The maximum absolute atomic E-state index is 13.1. The van der Waals surface area contributed by atoms with Gasteiger partial charge in [0.05, 0.1) is 18.2 Å². The van der Waals surface area contributed by atoms with Gasteiger partial charge < -0.3 is 9.64 Å². The van der Waals surface area contributed by atoms with Crippen LogP contribution in [0.15, 0.2) is 12.4 Å². The quantitative estimate of drug-likeness (QED) is 0.913. The molecule has 2 amide bonds. The molecule has 1 N–H and O–H groups in total. The summed E-state index contributed by atoms with van der Waals surface area (Å²) in [7, 11) is 1.52. The van der Waals surface area contributed by atoms with E-state index in [1.54, 1.807) is 6.07 Å². The molecule has 0 spiro atoms. The summed E-state index contributed by atoms with van der Waals surface area (Å²) >= 11 is 0. The molecule has 6 nitrogen and oxygen atoms in total. The maximum Gasteiger partial charge on any atom is 0.392 e. The van der Waals surface area contributed by atoms with Gasteiger partial charge in [-0.2, -0.15) is 13.2 Å². The summed E-state index contributed by atoms with van der Waals surface area (Å²) in [5, 5.41) is 2.60. The van der Waals surface area contributed by atoms with Gasteiger partial charge in [-0.05, 0) is 11.8 Å². The first-order valence-corrected chi connectivity index (χ1v) is 7.56. The summed E-state index contributed by atoms with van der Waals surface area (Å²) in [4.78, 5) is 21.6.